The molecule has 0 radical (unpaired) electrons. The number of hydrogen-bond acceptors (Lipinski definition) is 4. The molecule has 0 amide bonds. The molecule has 0 atom stereocenters. The third-order valence-corrected chi connectivity index (χ3v) is 2.21. The van der Waals surface area contributed by atoms with Crippen LogP contribution in [0.15, 0.2) is 41.8 Å². The van der Waals surface area contributed by atoms with Crippen LogP contribution in [-0.2, 0) is 10.1 Å². The maximum atomic E-state index is 10.5. The van der Waals surface area contributed by atoms with Gasteiger partial charge in [-0.15, -0.1) is 6.58 Å². The largest absolute Gasteiger partial charge is 0.294 e. The molecular weight excluding hydrogens is 258 g/mol. The van der Waals surface area contributed by atoms with Crippen LogP contribution < -0.4 is 0 Å². The summed E-state index contributed by atoms with van der Waals surface area (Å²) in [5.74, 6) is 0. The van der Waals surface area contributed by atoms with Gasteiger partial charge in [0.05, 0.1) is 9.82 Å². The molecule has 18 heavy (non-hydrogen) atoms. The van der Waals surface area contributed by atoms with E-state index in [0.717, 1.165) is 24.3 Å². The van der Waals surface area contributed by atoms with E-state index < -0.39 is 15.0 Å². The van der Waals surface area contributed by atoms with Crippen LogP contribution in [0.4, 0.5) is 5.69 Å². The van der Waals surface area contributed by atoms with E-state index in [2.05, 4.69) is 6.58 Å². The number of hydrogen-bond donors (Lipinski definition) is 1. The van der Waals surface area contributed by atoms with Gasteiger partial charge in [-0.3, -0.25) is 14.7 Å². The number of nitrogens with zero attached hydrogens (tertiary/aromatic N) is 1. The predicted molar refractivity (Wildman–Crippen MR) is 70.1 cm³/mol. The van der Waals surface area contributed by atoms with Crippen LogP contribution >= 0.6 is 0 Å². The Kier molecular flexibility index (Phi) is 9.64. The van der Waals surface area contributed by atoms with Gasteiger partial charge < -0.3 is 0 Å². The Balaban J connectivity index is 0. The number of non-ortho nitro benzene ring substituents is 1. The third kappa shape index (κ3) is 7.53. The molecule has 1 aromatic rings. The highest BCUT2D eigenvalue weighted by Crippen LogP contribution is 2.14. The molecule has 0 unspecified atom stereocenters. The Hall–Kier alpha value is -1.73. The Morgan fingerprint density at radius 1 is 1.28 bits per heavy atom. The molecule has 0 heterocycles. The molecule has 0 aliphatic rings. The second-order valence-electron chi connectivity index (χ2n) is 2.63. The fraction of sp³-hybridized carbons (Fsp3) is 0.273. The standard InChI is InChI=1S/C6H5NO5S.C3H6.C2H6/c8-7(9)5-1-3-6(4-2-5)13(10,11)12;1-3-2;1-2/h1-4H,(H,10,11,12);3H,1H2,2H3;1-2H3. The zero-order valence-electron chi connectivity index (χ0n) is 10.5. The highest BCUT2D eigenvalue weighted by Gasteiger charge is 2.11. The first-order valence-electron chi connectivity index (χ1n) is 5.12. The smallest absolute Gasteiger partial charge is 0.282 e. The topological polar surface area (TPSA) is 97.5 Å². The molecule has 7 heteroatoms. The van der Waals surface area contributed by atoms with Crippen LogP contribution in [0.5, 0.6) is 0 Å². The van der Waals surface area contributed by atoms with Gasteiger partial charge >= 0.3 is 0 Å². The van der Waals surface area contributed by atoms with E-state index in [1.807, 2.05) is 20.8 Å². The molecule has 0 aliphatic carbocycles. The van der Waals surface area contributed by atoms with Gasteiger partial charge in [0.2, 0.25) is 0 Å². The third-order valence-electron chi connectivity index (χ3n) is 1.35. The minimum absolute atomic E-state index is 0.229. The van der Waals surface area contributed by atoms with E-state index in [-0.39, 0.29) is 10.6 Å². The Bertz CT molecular complexity index is 465. The lowest BCUT2D eigenvalue weighted by molar-refractivity contribution is -0.384. The molecule has 0 bridgehead atoms. The second kappa shape index (κ2) is 9.32. The highest BCUT2D eigenvalue weighted by atomic mass is 32.2. The quantitative estimate of drug-likeness (QED) is 0.387. The Labute approximate surface area is 107 Å². The second-order valence-corrected chi connectivity index (χ2v) is 4.06. The van der Waals surface area contributed by atoms with Crippen LogP contribution in [0, 0.1) is 10.1 Å². The van der Waals surface area contributed by atoms with E-state index in [1.165, 1.54) is 0 Å². The van der Waals surface area contributed by atoms with Crippen molar-refractivity contribution in [2.75, 3.05) is 0 Å². The first kappa shape index (κ1) is 18.6. The van der Waals surface area contributed by atoms with E-state index >= 15 is 0 Å². The lowest BCUT2D eigenvalue weighted by Crippen LogP contribution is -1.97. The van der Waals surface area contributed by atoms with Crippen molar-refractivity contribution in [3.05, 3.63) is 47.0 Å². The van der Waals surface area contributed by atoms with E-state index in [9.17, 15) is 18.5 Å². The fourth-order valence-electron chi connectivity index (χ4n) is 0.740. The Morgan fingerprint density at radius 3 is 1.83 bits per heavy atom. The van der Waals surface area contributed by atoms with Gasteiger partial charge in [-0.1, -0.05) is 19.9 Å². The van der Waals surface area contributed by atoms with Crippen molar-refractivity contribution >= 4 is 15.8 Å². The first-order chi connectivity index (χ1) is 8.32. The monoisotopic (exact) mass is 275 g/mol. The van der Waals surface area contributed by atoms with Gasteiger partial charge in [-0.25, -0.2) is 0 Å². The fourth-order valence-corrected chi connectivity index (χ4v) is 1.22. The summed E-state index contributed by atoms with van der Waals surface area (Å²) in [5, 5.41) is 10.2. The first-order valence-corrected chi connectivity index (χ1v) is 6.56. The van der Waals surface area contributed by atoms with E-state index in [0.29, 0.717) is 0 Å². The maximum Gasteiger partial charge on any atom is 0.294 e. The Morgan fingerprint density at radius 2 is 1.61 bits per heavy atom. The van der Waals surface area contributed by atoms with Crippen molar-refractivity contribution in [3.8, 4) is 0 Å². The van der Waals surface area contributed by atoms with Crippen LogP contribution in [0.25, 0.3) is 0 Å². The van der Waals surface area contributed by atoms with Crippen LogP contribution in [0.3, 0.4) is 0 Å². The number of nitro benzene ring substituents is 1. The molecule has 0 aliphatic heterocycles. The summed E-state index contributed by atoms with van der Waals surface area (Å²) in [7, 11) is -4.27. The van der Waals surface area contributed by atoms with Crippen molar-refractivity contribution in [1.29, 1.82) is 0 Å². The summed E-state index contributed by atoms with van der Waals surface area (Å²) < 4.78 is 29.5. The summed E-state index contributed by atoms with van der Waals surface area (Å²) in [4.78, 5) is 9.13. The summed E-state index contributed by atoms with van der Waals surface area (Å²) in [6.45, 7) is 9.25. The molecule has 0 spiro atoms. The molecule has 6 nitrogen and oxygen atoms in total. The van der Waals surface area contributed by atoms with Crippen LogP contribution in [0.2, 0.25) is 0 Å². The SMILES string of the molecule is C=CC.CC.O=[N+]([O-])c1ccc(S(=O)(=O)O)cc1. The molecule has 1 aromatic carbocycles. The molecule has 102 valence electrons. The zero-order chi connectivity index (χ0) is 14.8. The molecule has 1 N–H and O–H groups in total. The molecule has 0 saturated heterocycles. The molecular formula is C11H17NO5S. The van der Waals surface area contributed by atoms with E-state index in [1.54, 1.807) is 6.08 Å². The van der Waals surface area contributed by atoms with Crippen molar-refractivity contribution < 1.29 is 17.9 Å². The maximum absolute atomic E-state index is 10.5. The van der Waals surface area contributed by atoms with Crippen LogP contribution in [0.1, 0.15) is 20.8 Å². The van der Waals surface area contributed by atoms with Gasteiger partial charge in [-0.05, 0) is 19.1 Å². The van der Waals surface area contributed by atoms with Gasteiger partial charge in [0.25, 0.3) is 15.8 Å². The van der Waals surface area contributed by atoms with Crippen LogP contribution in [-0.4, -0.2) is 17.9 Å². The van der Waals surface area contributed by atoms with Gasteiger partial charge in [0.1, 0.15) is 0 Å². The average Bonchev–Trinajstić information content (AvgIpc) is 2.32. The number of rotatable bonds is 2. The van der Waals surface area contributed by atoms with Crippen molar-refractivity contribution in [3.63, 3.8) is 0 Å². The minimum Gasteiger partial charge on any atom is -0.282 e. The molecule has 1 rings (SSSR count). The van der Waals surface area contributed by atoms with Crippen molar-refractivity contribution in [1.82, 2.24) is 0 Å². The van der Waals surface area contributed by atoms with Gasteiger partial charge in [0, 0.05) is 12.1 Å². The summed E-state index contributed by atoms with van der Waals surface area (Å²) >= 11 is 0. The van der Waals surface area contributed by atoms with Gasteiger partial charge in [-0.2, -0.15) is 8.42 Å². The summed E-state index contributed by atoms with van der Waals surface area (Å²) in [6, 6.07) is 3.94. The minimum atomic E-state index is -4.27. The number of nitro groups is 1. The normalized spacial score (nSPS) is 9.11. The number of benzene rings is 1. The number of allylic oxidation sites excluding steroid dienone is 1. The lowest BCUT2D eigenvalue weighted by Gasteiger charge is -1.94. The summed E-state index contributed by atoms with van der Waals surface area (Å²) in [5.41, 5.74) is -0.229. The van der Waals surface area contributed by atoms with Crippen molar-refractivity contribution in [2.24, 2.45) is 0 Å². The van der Waals surface area contributed by atoms with Gasteiger partial charge in [0.15, 0.2) is 0 Å². The zero-order valence-corrected chi connectivity index (χ0v) is 11.3. The average molecular weight is 275 g/mol. The van der Waals surface area contributed by atoms with E-state index in [4.69, 9.17) is 4.55 Å². The molecule has 0 fully saturated rings. The molecule has 0 aromatic heterocycles. The van der Waals surface area contributed by atoms with Crippen molar-refractivity contribution in [2.45, 2.75) is 25.7 Å². The highest BCUT2D eigenvalue weighted by molar-refractivity contribution is 7.85. The lowest BCUT2D eigenvalue weighted by atomic mass is 10.3. The predicted octanol–water partition coefficient (Wildman–Crippen LogP) is 3.06. The molecule has 0 saturated carbocycles. The summed E-state index contributed by atoms with van der Waals surface area (Å²) in [6.07, 6.45) is 1.75.